The van der Waals surface area contributed by atoms with Crippen LogP contribution in [0.4, 0.5) is 5.69 Å². The molecule has 0 aliphatic rings. The van der Waals surface area contributed by atoms with Gasteiger partial charge >= 0.3 is 5.97 Å². The maximum Gasteiger partial charge on any atom is 0.354 e. The SMILES string of the molecule is Cc1ncc(C(=O)O)n1Cc1ccc([N+](=O)[O-])cc1. The molecule has 1 aromatic carbocycles. The van der Waals surface area contributed by atoms with E-state index in [4.69, 9.17) is 5.11 Å². The third-order valence-electron chi connectivity index (χ3n) is 2.76. The molecular weight excluding hydrogens is 250 g/mol. The number of rotatable bonds is 4. The first-order valence-electron chi connectivity index (χ1n) is 5.48. The smallest absolute Gasteiger partial charge is 0.354 e. The van der Waals surface area contributed by atoms with Crippen LogP contribution < -0.4 is 0 Å². The minimum absolute atomic E-state index is 0.00422. The number of benzene rings is 1. The number of aromatic nitrogens is 2. The van der Waals surface area contributed by atoms with E-state index in [9.17, 15) is 14.9 Å². The Labute approximate surface area is 108 Å². The molecule has 0 spiro atoms. The molecule has 0 radical (unpaired) electrons. The molecule has 19 heavy (non-hydrogen) atoms. The van der Waals surface area contributed by atoms with Crippen LogP contribution >= 0.6 is 0 Å². The normalized spacial score (nSPS) is 10.4. The van der Waals surface area contributed by atoms with E-state index in [1.54, 1.807) is 23.6 Å². The van der Waals surface area contributed by atoms with Gasteiger partial charge in [-0.15, -0.1) is 0 Å². The van der Waals surface area contributed by atoms with Crippen LogP contribution in [0.2, 0.25) is 0 Å². The van der Waals surface area contributed by atoms with Crippen molar-refractivity contribution in [3.8, 4) is 0 Å². The minimum atomic E-state index is -1.05. The average Bonchev–Trinajstić information content (AvgIpc) is 2.72. The number of carboxylic acids is 1. The Balaban J connectivity index is 2.28. The Morgan fingerprint density at radius 3 is 2.58 bits per heavy atom. The number of imidazole rings is 1. The van der Waals surface area contributed by atoms with Crippen molar-refractivity contribution < 1.29 is 14.8 Å². The number of hydrogen-bond acceptors (Lipinski definition) is 4. The van der Waals surface area contributed by atoms with E-state index in [0.29, 0.717) is 12.4 Å². The van der Waals surface area contributed by atoms with E-state index in [-0.39, 0.29) is 11.4 Å². The zero-order chi connectivity index (χ0) is 14.0. The van der Waals surface area contributed by atoms with E-state index in [2.05, 4.69) is 4.98 Å². The number of carbonyl (C=O) groups is 1. The quantitative estimate of drug-likeness (QED) is 0.668. The summed E-state index contributed by atoms with van der Waals surface area (Å²) in [7, 11) is 0. The van der Waals surface area contributed by atoms with Gasteiger partial charge in [0.2, 0.25) is 0 Å². The third-order valence-corrected chi connectivity index (χ3v) is 2.76. The van der Waals surface area contributed by atoms with Crippen molar-refractivity contribution in [2.45, 2.75) is 13.5 Å². The molecule has 0 fully saturated rings. The van der Waals surface area contributed by atoms with Crippen LogP contribution in [0.1, 0.15) is 21.9 Å². The second kappa shape index (κ2) is 4.89. The number of aromatic carboxylic acids is 1. The van der Waals surface area contributed by atoms with Crippen molar-refractivity contribution in [2.75, 3.05) is 0 Å². The van der Waals surface area contributed by atoms with Crippen molar-refractivity contribution in [3.05, 3.63) is 57.7 Å². The number of carboxylic acid groups (broad SMARTS) is 1. The largest absolute Gasteiger partial charge is 0.477 e. The molecule has 1 aromatic heterocycles. The molecule has 1 heterocycles. The van der Waals surface area contributed by atoms with Gasteiger partial charge in [0.05, 0.1) is 11.1 Å². The Morgan fingerprint density at radius 2 is 2.05 bits per heavy atom. The van der Waals surface area contributed by atoms with Gasteiger partial charge in [0.15, 0.2) is 0 Å². The molecule has 0 aliphatic heterocycles. The highest BCUT2D eigenvalue weighted by Gasteiger charge is 2.13. The van der Waals surface area contributed by atoms with Crippen molar-refractivity contribution in [3.63, 3.8) is 0 Å². The Morgan fingerprint density at radius 1 is 1.42 bits per heavy atom. The topological polar surface area (TPSA) is 98.3 Å². The van der Waals surface area contributed by atoms with Crippen LogP contribution in [0.5, 0.6) is 0 Å². The summed E-state index contributed by atoms with van der Waals surface area (Å²) in [4.78, 5) is 25.0. The number of nitrogens with zero attached hydrogens (tertiary/aromatic N) is 3. The standard InChI is InChI=1S/C12H11N3O4/c1-8-13-6-11(12(16)17)14(8)7-9-2-4-10(5-3-9)15(18)19/h2-6H,7H2,1H3,(H,16,17). The van der Waals surface area contributed by atoms with Crippen LogP contribution in [-0.4, -0.2) is 25.6 Å². The van der Waals surface area contributed by atoms with Gasteiger partial charge in [-0.1, -0.05) is 12.1 Å². The Bertz CT molecular complexity index is 631. The van der Waals surface area contributed by atoms with Crippen LogP contribution in [-0.2, 0) is 6.54 Å². The van der Waals surface area contributed by atoms with Gasteiger partial charge in [-0.3, -0.25) is 10.1 Å². The molecule has 0 saturated carbocycles. The van der Waals surface area contributed by atoms with Gasteiger partial charge in [0.25, 0.3) is 5.69 Å². The van der Waals surface area contributed by atoms with E-state index in [1.807, 2.05) is 0 Å². The highest BCUT2D eigenvalue weighted by molar-refractivity contribution is 5.85. The number of non-ortho nitro benzene ring substituents is 1. The summed E-state index contributed by atoms with van der Waals surface area (Å²) >= 11 is 0. The first-order chi connectivity index (χ1) is 8.99. The molecule has 0 aliphatic carbocycles. The maximum atomic E-state index is 11.0. The summed E-state index contributed by atoms with van der Waals surface area (Å²) in [6, 6.07) is 5.98. The van der Waals surface area contributed by atoms with Crippen LogP contribution in [0, 0.1) is 17.0 Å². The summed E-state index contributed by atoms with van der Waals surface area (Å²) in [5.41, 5.74) is 0.870. The van der Waals surface area contributed by atoms with Gasteiger partial charge < -0.3 is 9.67 Å². The molecule has 7 nitrogen and oxygen atoms in total. The number of nitro benzene ring substituents is 1. The van der Waals surface area contributed by atoms with Crippen LogP contribution in [0.15, 0.2) is 30.5 Å². The number of hydrogen-bond donors (Lipinski definition) is 1. The fraction of sp³-hybridized carbons (Fsp3) is 0.167. The molecule has 0 atom stereocenters. The second-order valence-corrected chi connectivity index (χ2v) is 4.01. The highest BCUT2D eigenvalue weighted by Crippen LogP contribution is 2.14. The predicted molar refractivity (Wildman–Crippen MR) is 66.1 cm³/mol. The van der Waals surface area contributed by atoms with Gasteiger partial charge in [-0.2, -0.15) is 0 Å². The van der Waals surface area contributed by atoms with Gasteiger partial charge in [0.1, 0.15) is 11.5 Å². The fourth-order valence-electron chi connectivity index (χ4n) is 1.74. The second-order valence-electron chi connectivity index (χ2n) is 4.01. The van der Waals surface area contributed by atoms with Crippen molar-refractivity contribution in [1.29, 1.82) is 0 Å². The summed E-state index contributed by atoms with van der Waals surface area (Å²) < 4.78 is 1.55. The molecule has 0 bridgehead atoms. The monoisotopic (exact) mass is 261 g/mol. The molecule has 1 N–H and O–H groups in total. The van der Waals surface area contributed by atoms with Gasteiger partial charge in [0, 0.05) is 18.7 Å². The van der Waals surface area contributed by atoms with E-state index in [1.165, 1.54) is 18.3 Å². The maximum absolute atomic E-state index is 11.0. The summed E-state index contributed by atoms with van der Waals surface area (Å²) in [5.74, 6) is -0.474. The molecule has 0 unspecified atom stereocenters. The molecule has 0 saturated heterocycles. The van der Waals surface area contributed by atoms with Crippen molar-refractivity contribution >= 4 is 11.7 Å². The third kappa shape index (κ3) is 2.59. The number of aryl methyl sites for hydroxylation is 1. The van der Waals surface area contributed by atoms with Crippen LogP contribution in [0.25, 0.3) is 0 Å². The zero-order valence-corrected chi connectivity index (χ0v) is 10.1. The summed E-state index contributed by atoms with van der Waals surface area (Å²) in [6.07, 6.45) is 1.29. The van der Waals surface area contributed by atoms with Gasteiger partial charge in [-0.25, -0.2) is 9.78 Å². The van der Waals surface area contributed by atoms with Crippen molar-refractivity contribution in [1.82, 2.24) is 9.55 Å². The van der Waals surface area contributed by atoms with Gasteiger partial charge in [-0.05, 0) is 12.5 Å². The molecule has 98 valence electrons. The zero-order valence-electron chi connectivity index (χ0n) is 10.1. The van der Waals surface area contributed by atoms with E-state index >= 15 is 0 Å². The Hall–Kier alpha value is -2.70. The predicted octanol–water partition coefficient (Wildman–Crippen LogP) is 1.85. The van der Waals surface area contributed by atoms with Crippen molar-refractivity contribution in [2.24, 2.45) is 0 Å². The first-order valence-corrected chi connectivity index (χ1v) is 5.48. The minimum Gasteiger partial charge on any atom is -0.477 e. The molecule has 2 aromatic rings. The lowest BCUT2D eigenvalue weighted by Crippen LogP contribution is -2.10. The Kier molecular flexibility index (Phi) is 3.28. The lowest BCUT2D eigenvalue weighted by Gasteiger charge is -2.07. The average molecular weight is 261 g/mol. The first kappa shape index (κ1) is 12.7. The lowest BCUT2D eigenvalue weighted by atomic mass is 10.2. The fourth-order valence-corrected chi connectivity index (χ4v) is 1.74. The van der Waals surface area contributed by atoms with Crippen LogP contribution in [0.3, 0.4) is 0 Å². The molecule has 0 amide bonds. The summed E-state index contributed by atoms with van der Waals surface area (Å²) in [5, 5.41) is 19.6. The molecule has 2 rings (SSSR count). The molecular formula is C12H11N3O4. The highest BCUT2D eigenvalue weighted by atomic mass is 16.6. The molecule has 7 heteroatoms. The van der Waals surface area contributed by atoms with E-state index < -0.39 is 10.9 Å². The summed E-state index contributed by atoms with van der Waals surface area (Å²) in [6.45, 7) is 2.02. The lowest BCUT2D eigenvalue weighted by molar-refractivity contribution is -0.384. The van der Waals surface area contributed by atoms with E-state index in [0.717, 1.165) is 5.56 Å². The number of nitro groups is 1.